The fraction of sp³-hybridized carbons (Fsp3) is 0. The van der Waals surface area contributed by atoms with Gasteiger partial charge in [0.2, 0.25) is 0 Å². The normalized spacial score (nSPS) is 10.3. The van der Waals surface area contributed by atoms with Crippen LogP contribution in [0.3, 0.4) is 0 Å². The van der Waals surface area contributed by atoms with Gasteiger partial charge in [-0.15, -0.1) is 9.79 Å². The number of rotatable bonds is 4. The molecule has 0 aromatic heterocycles. The third-order valence-electron chi connectivity index (χ3n) is 4.04. The van der Waals surface area contributed by atoms with Crippen LogP contribution < -0.4 is 0 Å². The third-order valence-corrected chi connectivity index (χ3v) is 4.73. The van der Waals surface area contributed by atoms with Gasteiger partial charge < -0.3 is 25.3 Å². The van der Waals surface area contributed by atoms with E-state index in [9.17, 15) is 0 Å². The van der Waals surface area contributed by atoms with E-state index in [0.29, 0.717) is 0 Å². The zero-order chi connectivity index (χ0) is 21.0. The van der Waals surface area contributed by atoms with E-state index in [1.807, 2.05) is 122 Å². The van der Waals surface area contributed by atoms with Gasteiger partial charge in [0.25, 0.3) is 0 Å². The van der Waals surface area contributed by atoms with Crippen LogP contribution in [0, 0.1) is 0 Å². The summed E-state index contributed by atoms with van der Waals surface area (Å²) in [6.07, 6.45) is 3.65. The quantitative estimate of drug-likeness (QED) is 0.184. The van der Waals surface area contributed by atoms with Gasteiger partial charge in [-0.3, -0.25) is 9.98 Å². The van der Waals surface area contributed by atoms with Crippen LogP contribution in [0.5, 0.6) is 0 Å². The van der Waals surface area contributed by atoms with E-state index in [1.54, 1.807) is 0 Å². The summed E-state index contributed by atoms with van der Waals surface area (Å²) in [5, 5.41) is 0. The Morgan fingerprint density at radius 2 is 0.774 bits per heavy atom. The summed E-state index contributed by atoms with van der Waals surface area (Å²) < 4.78 is 0. The Bertz CT molecular complexity index is 1020. The summed E-state index contributed by atoms with van der Waals surface area (Å²) >= 11 is 10.3. The van der Waals surface area contributed by atoms with Crippen molar-refractivity contribution in [3.05, 3.63) is 120 Å². The first-order chi connectivity index (χ1) is 14.7. The fourth-order valence-corrected chi connectivity index (χ4v) is 2.89. The van der Waals surface area contributed by atoms with E-state index in [2.05, 4.69) is 9.98 Å². The van der Waals surface area contributed by atoms with Gasteiger partial charge in [-0.25, -0.2) is 0 Å². The molecule has 0 atom stereocenters. The molecule has 5 heteroatoms. The predicted octanol–water partition coefficient (Wildman–Crippen LogP) is 6.68. The summed E-state index contributed by atoms with van der Waals surface area (Å²) in [6, 6.07) is 35.3. The molecule has 0 unspecified atom stereocenters. The molecule has 0 N–H and O–H groups in total. The standard InChI is InChI=1S/2C13H11NS.Ni/c2*15-13-9-5-4-8-12(13)14-10-11-6-2-1-3-7-11;/h2*1-10,15H;/q;;+2/p-2. The first kappa shape index (κ1) is 24.4. The van der Waals surface area contributed by atoms with E-state index in [-0.39, 0.29) is 16.5 Å². The van der Waals surface area contributed by atoms with Crippen LogP contribution in [0.4, 0.5) is 11.4 Å². The van der Waals surface area contributed by atoms with Crippen molar-refractivity contribution in [2.75, 3.05) is 0 Å². The number of hydrogen-bond donors (Lipinski definition) is 0. The van der Waals surface area contributed by atoms with Gasteiger partial charge in [0.15, 0.2) is 0 Å². The van der Waals surface area contributed by atoms with E-state index in [0.717, 1.165) is 32.3 Å². The molecule has 156 valence electrons. The maximum absolute atomic E-state index is 5.15. The zero-order valence-electron chi connectivity index (χ0n) is 16.6. The molecule has 0 bridgehead atoms. The maximum Gasteiger partial charge on any atom is 2.00 e. The summed E-state index contributed by atoms with van der Waals surface area (Å²) in [5.41, 5.74) is 3.85. The molecule has 0 saturated carbocycles. The van der Waals surface area contributed by atoms with Gasteiger partial charge in [0.1, 0.15) is 0 Å². The van der Waals surface area contributed by atoms with Crippen LogP contribution in [-0.2, 0) is 41.7 Å². The maximum atomic E-state index is 5.15. The molecule has 0 spiro atoms. The van der Waals surface area contributed by atoms with Crippen LogP contribution in [-0.4, -0.2) is 12.4 Å². The second kappa shape index (κ2) is 13.5. The fourth-order valence-electron chi connectivity index (χ4n) is 2.49. The molecule has 31 heavy (non-hydrogen) atoms. The van der Waals surface area contributed by atoms with Gasteiger partial charge in [0.05, 0.1) is 0 Å². The average molecular weight is 483 g/mol. The van der Waals surface area contributed by atoms with Gasteiger partial charge >= 0.3 is 16.5 Å². The number of nitrogens with zero attached hydrogens (tertiary/aromatic N) is 2. The monoisotopic (exact) mass is 482 g/mol. The molecular weight excluding hydrogens is 463 g/mol. The van der Waals surface area contributed by atoms with E-state index >= 15 is 0 Å². The van der Waals surface area contributed by atoms with Gasteiger partial charge in [-0.2, -0.15) is 0 Å². The van der Waals surface area contributed by atoms with Crippen molar-refractivity contribution in [1.82, 2.24) is 0 Å². The average Bonchev–Trinajstić information content (AvgIpc) is 2.80. The van der Waals surface area contributed by atoms with Gasteiger partial charge in [-0.05, 0) is 23.3 Å². The van der Waals surface area contributed by atoms with E-state index in [1.165, 1.54) is 0 Å². The van der Waals surface area contributed by atoms with E-state index < -0.39 is 0 Å². The SMILES string of the molecule is [Ni+2].[S-]c1ccccc1N=Cc1ccccc1.[S-]c1ccccc1N=Cc1ccccc1. The molecule has 0 amide bonds. The Morgan fingerprint density at radius 3 is 1.13 bits per heavy atom. The smallest absolute Gasteiger partial charge is 0.778 e. The summed E-state index contributed by atoms with van der Waals surface area (Å²) in [5.74, 6) is 0. The second-order valence-corrected chi connectivity index (χ2v) is 7.15. The molecule has 0 fully saturated rings. The Labute approximate surface area is 204 Å². The molecule has 0 heterocycles. The van der Waals surface area contributed by atoms with Crippen molar-refractivity contribution in [3.8, 4) is 0 Å². The first-order valence-electron chi connectivity index (χ1n) is 9.43. The molecule has 0 radical (unpaired) electrons. The van der Waals surface area contributed by atoms with Crippen molar-refractivity contribution < 1.29 is 16.5 Å². The molecule has 0 aliphatic rings. The molecule has 0 aliphatic heterocycles. The van der Waals surface area contributed by atoms with Crippen molar-refractivity contribution in [2.45, 2.75) is 9.79 Å². The Hall–Kier alpha value is -2.85. The number of aliphatic imine (C=N–C) groups is 2. The molecule has 4 rings (SSSR count). The minimum atomic E-state index is 0. The van der Waals surface area contributed by atoms with Gasteiger partial charge in [0, 0.05) is 23.8 Å². The second-order valence-electron chi connectivity index (χ2n) is 6.27. The van der Waals surface area contributed by atoms with Crippen molar-refractivity contribution >= 4 is 49.1 Å². The minimum absolute atomic E-state index is 0. The van der Waals surface area contributed by atoms with Gasteiger partial charge in [-0.1, -0.05) is 97.1 Å². The van der Waals surface area contributed by atoms with E-state index in [4.69, 9.17) is 25.3 Å². The molecule has 4 aromatic carbocycles. The number of benzene rings is 4. The third kappa shape index (κ3) is 8.43. The van der Waals surface area contributed by atoms with Crippen molar-refractivity contribution in [2.24, 2.45) is 9.98 Å². The summed E-state index contributed by atoms with van der Waals surface area (Å²) in [7, 11) is 0. The van der Waals surface area contributed by atoms with Crippen molar-refractivity contribution in [3.63, 3.8) is 0 Å². The number of para-hydroxylation sites is 2. The van der Waals surface area contributed by atoms with Crippen molar-refractivity contribution in [1.29, 1.82) is 0 Å². The van der Waals surface area contributed by atoms with Crippen LogP contribution >= 0.6 is 0 Å². The first-order valence-corrected chi connectivity index (χ1v) is 10.2. The Kier molecular flexibility index (Phi) is 10.6. The minimum Gasteiger partial charge on any atom is -0.778 e. The summed E-state index contributed by atoms with van der Waals surface area (Å²) in [6.45, 7) is 0. The topological polar surface area (TPSA) is 24.7 Å². The van der Waals surface area contributed by atoms with Crippen LogP contribution in [0.2, 0.25) is 0 Å². The molecular formula is C26H20N2NiS2. The largest absolute Gasteiger partial charge is 2.00 e. The Morgan fingerprint density at radius 1 is 0.452 bits per heavy atom. The molecule has 0 saturated heterocycles. The Balaban J connectivity index is 0.000000213. The summed E-state index contributed by atoms with van der Waals surface area (Å²) in [4.78, 5) is 10.3. The zero-order valence-corrected chi connectivity index (χ0v) is 19.2. The van der Waals surface area contributed by atoms with Crippen LogP contribution in [0.25, 0.3) is 0 Å². The van der Waals surface area contributed by atoms with Crippen LogP contribution in [0.1, 0.15) is 11.1 Å². The number of hydrogen-bond acceptors (Lipinski definition) is 4. The molecule has 0 aliphatic carbocycles. The molecule has 4 aromatic rings. The molecule has 2 nitrogen and oxygen atoms in total. The van der Waals surface area contributed by atoms with Crippen LogP contribution in [0.15, 0.2) is 129 Å². The predicted molar refractivity (Wildman–Crippen MR) is 132 cm³/mol.